The van der Waals surface area contributed by atoms with Gasteiger partial charge in [-0.05, 0) is 112 Å². The molecular weight excluding hydrogens is 617 g/mol. The topological polar surface area (TPSA) is 13.1 Å². The van der Waals surface area contributed by atoms with Crippen molar-refractivity contribution in [1.82, 2.24) is 0 Å². The van der Waals surface area contributed by atoms with E-state index in [0.717, 1.165) is 27.5 Å². The first-order chi connectivity index (χ1) is 25.3. The van der Waals surface area contributed by atoms with E-state index >= 15 is 0 Å². The van der Waals surface area contributed by atoms with Crippen LogP contribution in [-0.2, 0) is 0 Å². The lowest BCUT2D eigenvalue weighted by molar-refractivity contribution is 0.673. The highest BCUT2D eigenvalue weighted by molar-refractivity contribution is 6.31. The Morgan fingerprint density at radius 1 is 0.275 bits per heavy atom. The molecule has 0 bridgehead atoms. The smallest absolute Gasteiger partial charge is 0.143 e. The van der Waals surface area contributed by atoms with E-state index in [4.69, 9.17) is 4.42 Å². The largest absolute Gasteiger partial charge is 0.455 e. The van der Waals surface area contributed by atoms with Gasteiger partial charge in [0.1, 0.15) is 11.2 Å². The van der Waals surface area contributed by atoms with Gasteiger partial charge in [-0.2, -0.15) is 0 Å². The summed E-state index contributed by atoms with van der Waals surface area (Å²) in [5.74, 6) is 0. The van der Waals surface area contributed by atoms with Crippen molar-refractivity contribution in [1.29, 1.82) is 0 Å². The Kier molecular flexibility index (Phi) is 6.02. The SMILES string of the molecule is c1ccc(-c2ccc3c(c2)c2ccccc2c2c4ccc(-c5c6ccccc6c(-c6ccc7ccccc7c6)c6ccccc56)cc4oc32)cc1. The lowest BCUT2D eigenvalue weighted by Gasteiger charge is -2.18. The van der Waals surface area contributed by atoms with E-state index in [1.54, 1.807) is 0 Å². The molecule has 0 atom stereocenters. The maximum absolute atomic E-state index is 6.94. The molecule has 1 heteroatoms. The minimum atomic E-state index is 0.902. The van der Waals surface area contributed by atoms with Crippen molar-refractivity contribution in [2.24, 2.45) is 0 Å². The second-order valence-electron chi connectivity index (χ2n) is 13.6. The van der Waals surface area contributed by atoms with Gasteiger partial charge >= 0.3 is 0 Å². The maximum Gasteiger partial charge on any atom is 0.143 e. The molecule has 0 radical (unpaired) electrons. The van der Waals surface area contributed by atoms with Crippen LogP contribution in [0.4, 0.5) is 0 Å². The van der Waals surface area contributed by atoms with E-state index in [9.17, 15) is 0 Å². The summed E-state index contributed by atoms with van der Waals surface area (Å²) in [5.41, 5.74) is 9.15. The van der Waals surface area contributed by atoms with Crippen LogP contribution in [0.5, 0.6) is 0 Å². The van der Waals surface area contributed by atoms with E-state index in [2.05, 4.69) is 182 Å². The van der Waals surface area contributed by atoms with Gasteiger partial charge < -0.3 is 4.42 Å². The molecule has 11 rings (SSSR count). The second-order valence-corrected chi connectivity index (χ2v) is 13.6. The van der Waals surface area contributed by atoms with Crippen LogP contribution in [0.25, 0.3) is 109 Å². The highest BCUT2D eigenvalue weighted by Gasteiger charge is 2.20. The van der Waals surface area contributed by atoms with Crippen molar-refractivity contribution in [2.75, 3.05) is 0 Å². The molecule has 0 saturated heterocycles. The molecule has 1 heterocycles. The van der Waals surface area contributed by atoms with Crippen molar-refractivity contribution < 1.29 is 4.42 Å². The highest BCUT2D eigenvalue weighted by Crippen LogP contribution is 2.47. The van der Waals surface area contributed by atoms with E-state index in [-0.39, 0.29) is 0 Å². The first-order valence-corrected chi connectivity index (χ1v) is 17.6. The van der Waals surface area contributed by atoms with Crippen molar-refractivity contribution in [3.05, 3.63) is 182 Å². The molecule has 1 nitrogen and oxygen atoms in total. The Labute approximate surface area is 294 Å². The summed E-state index contributed by atoms with van der Waals surface area (Å²) in [4.78, 5) is 0. The van der Waals surface area contributed by atoms with Gasteiger partial charge in [0.25, 0.3) is 0 Å². The Morgan fingerprint density at radius 2 is 0.804 bits per heavy atom. The molecule has 0 amide bonds. The van der Waals surface area contributed by atoms with Crippen molar-refractivity contribution in [3.63, 3.8) is 0 Å². The number of hydrogen-bond acceptors (Lipinski definition) is 1. The molecule has 0 unspecified atom stereocenters. The predicted molar refractivity (Wildman–Crippen MR) is 218 cm³/mol. The van der Waals surface area contributed by atoms with Gasteiger partial charge in [-0.15, -0.1) is 0 Å². The van der Waals surface area contributed by atoms with Gasteiger partial charge in [-0.25, -0.2) is 0 Å². The molecular formula is C50H30O. The number of hydrogen-bond donors (Lipinski definition) is 0. The predicted octanol–water partition coefficient (Wildman–Crippen LogP) is 14.4. The molecule has 51 heavy (non-hydrogen) atoms. The van der Waals surface area contributed by atoms with Crippen LogP contribution in [0.1, 0.15) is 0 Å². The van der Waals surface area contributed by atoms with Crippen LogP contribution in [-0.4, -0.2) is 0 Å². The molecule has 0 aliphatic carbocycles. The van der Waals surface area contributed by atoms with Crippen LogP contribution in [0.3, 0.4) is 0 Å². The van der Waals surface area contributed by atoms with E-state index in [0.29, 0.717) is 0 Å². The van der Waals surface area contributed by atoms with Crippen molar-refractivity contribution in [2.45, 2.75) is 0 Å². The minimum absolute atomic E-state index is 0.902. The lowest BCUT2D eigenvalue weighted by Crippen LogP contribution is -1.91. The van der Waals surface area contributed by atoms with Gasteiger partial charge in [0, 0.05) is 16.2 Å². The molecule has 236 valence electrons. The molecule has 0 aliphatic rings. The van der Waals surface area contributed by atoms with E-state index in [1.807, 2.05) is 0 Å². The lowest BCUT2D eigenvalue weighted by atomic mass is 9.85. The Bertz CT molecular complexity index is 3130. The zero-order valence-electron chi connectivity index (χ0n) is 27.7. The molecule has 0 N–H and O–H groups in total. The standard InChI is InChI=1S/C50H30O/c1-2-12-31(13-3-1)34-24-26-43-45(29-34)37-16-6-7-17-38(37)49-44-27-25-36(30-46(44)51-50(43)49)48-41-20-10-8-18-39(41)47(40-19-9-11-21-42(40)48)35-23-22-32-14-4-5-15-33(32)28-35/h1-30H. The third-order valence-corrected chi connectivity index (χ3v) is 10.8. The van der Waals surface area contributed by atoms with Gasteiger partial charge in [-0.3, -0.25) is 0 Å². The third-order valence-electron chi connectivity index (χ3n) is 10.8. The summed E-state index contributed by atoms with van der Waals surface area (Å²) in [6, 6.07) is 66.2. The Morgan fingerprint density at radius 3 is 1.51 bits per heavy atom. The van der Waals surface area contributed by atoms with Gasteiger partial charge in [0.05, 0.1) is 0 Å². The van der Waals surface area contributed by atoms with Crippen LogP contribution in [0.15, 0.2) is 186 Å². The zero-order chi connectivity index (χ0) is 33.5. The van der Waals surface area contributed by atoms with Crippen molar-refractivity contribution in [3.8, 4) is 33.4 Å². The van der Waals surface area contributed by atoms with Gasteiger partial charge in [0.2, 0.25) is 0 Å². The summed E-state index contributed by atoms with van der Waals surface area (Å²) in [6.45, 7) is 0. The second kappa shape index (κ2) is 10.9. The quantitative estimate of drug-likeness (QED) is 0.138. The Hall–Kier alpha value is -6.70. The summed E-state index contributed by atoms with van der Waals surface area (Å²) in [7, 11) is 0. The average molecular weight is 647 g/mol. The zero-order valence-corrected chi connectivity index (χ0v) is 27.7. The fourth-order valence-corrected chi connectivity index (χ4v) is 8.52. The van der Waals surface area contributed by atoms with E-state index < -0.39 is 0 Å². The van der Waals surface area contributed by atoms with Gasteiger partial charge in [0.15, 0.2) is 0 Å². The molecule has 0 fully saturated rings. The fourth-order valence-electron chi connectivity index (χ4n) is 8.52. The highest BCUT2D eigenvalue weighted by atomic mass is 16.3. The van der Waals surface area contributed by atoms with Gasteiger partial charge in [-0.1, -0.05) is 152 Å². The molecule has 11 aromatic rings. The summed E-state index contributed by atoms with van der Waals surface area (Å²) in [6.07, 6.45) is 0. The first kappa shape index (κ1) is 28.2. The summed E-state index contributed by atoms with van der Waals surface area (Å²) < 4.78 is 6.94. The monoisotopic (exact) mass is 646 g/mol. The third kappa shape index (κ3) is 4.22. The molecule has 1 aromatic heterocycles. The fraction of sp³-hybridized carbons (Fsp3) is 0. The molecule has 0 aliphatic heterocycles. The maximum atomic E-state index is 6.94. The van der Waals surface area contributed by atoms with Crippen LogP contribution in [0, 0.1) is 0 Å². The molecule has 10 aromatic carbocycles. The van der Waals surface area contributed by atoms with Crippen LogP contribution in [0.2, 0.25) is 0 Å². The minimum Gasteiger partial charge on any atom is -0.455 e. The number of furan rings is 1. The van der Waals surface area contributed by atoms with E-state index in [1.165, 1.54) is 81.7 Å². The molecule has 0 saturated carbocycles. The van der Waals surface area contributed by atoms with Crippen molar-refractivity contribution >= 4 is 75.8 Å². The number of rotatable bonds is 3. The number of fused-ring (bicyclic) bond motifs is 11. The normalized spacial score (nSPS) is 11.9. The Balaban J connectivity index is 1.18. The molecule has 0 spiro atoms. The average Bonchev–Trinajstić information content (AvgIpc) is 3.59. The first-order valence-electron chi connectivity index (χ1n) is 17.6. The van der Waals surface area contributed by atoms with Crippen LogP contribution >= 0.6 is 0 Å². The number of benzene rings is 10. The van der Waals surface area contributed by atoms with Crippen LogP contribution < -0.4 is 0 Å². The summed E-state index contributed by atoms with van der Waals surface area (Å²) in [5, 5.41) is 14.6. The summed E-state index contributed by atoms with van der Waals surface area (Å²) >= 11 is 0.